The van der Waals surface area contributed by atoms with Crippen molar-refractivity contribution in [1.82, 2.24) is 15.1 Å². The maximum absolute atomic E-state index is 15.1. The first-order valence-electron chi connectivity index (χ1n) is 12.2. The molecule has 0 spiro atoms. The molecular weight excluding hydrogens is 475 g/mol. The Kier molecular flexibility index (Phi) is 7.54. The molecule has 1 aromatic heterocycles. The summed E-state index contributed by atoms with van der Waals surface area (Å²) in [5.74, 6) is -0.129. The van der Waals surface area contributed by atoms with Gasteiger partial charge in [-0.3, -0.25) is 14.5 Å². The van der Waals surface area contributed by atoms with Crippen LogP contribution in [-0.4, -0.2) is 40.4 Å². The molecule has 1 aliphatic heterocycles. The topological polar surface area (TPSA) is 67.2 Å². The summed E-state index contributed by atoms with van der Waals surface area (Å²) in [5.41, 5.74) is 3.52. The maximum atomic E-state index is 15.1. The third-order valence-corrected chi connectivity index (χ3v) is 7.38. The Morgan fingerprint density at radius 1 is 1.17 bits per heavy atom. The van der Waals surface area contributed by atoms with Gasteiger partial charge < -0.3 is 5.32 Å². The molecule has 4 rings (SSSR count). The zero-order valence-electron chi connectivity index (χ0n) is 21.5. The Hall–Kier alpha value is -3.13. The van der Waals surface area contributed by atoms with Crippen LogP contribution in [0.3, 0.4) is 0 Å². The number of fused-ring (bicyclic) bond motifs is 1. The molecule has 3 aromatic rings. The lowest BCUT2D eigenvalue weighted by molar-refractivity contribution is -0.122. The van der Waals surface area contributed by atoms with Gasteiger partial charge in [0.25, 0.3) is 0 Å². The van der Waals surface area contributed by atoms with Crippen LogP contribution in [0.15, 0.2) is 48.5 Å². The first kappa shape index (κ1) is 25.9. The van der Waals surface area contributed by atoms with Gasteiger partial charge in [-0.05, 0) is 31.5 Å². The van der Waals surface area contributed by atoms with Crippen LogP contribution in [0.5, 0.6) is 0 Å². The largest absolute Gasteiger partial charge is 0.355 e. The molecule has 6 nitrogen and oxygen atoms in total. The molecule has 1 aliphatic rings. The van der Waals surface area contributed by atoms with Crippen LogP contribution in [0.1, 0.15) is 61.7 Å². The summed E-state index contributed by atoms with van der Waals surface area (Å²) in [6.07, 6.45) is 0.797. The molecule has 1 N–H and O–H groups in total. The Morgan fingerprint density at radius 3 is 2.50 bits per heavy atom. The van der Waals surface area contributed by atoms with E-state index in [2.05, 4.69) is 26.1 Å². The number of carbonyl (C=O) groups excluding carboxylic acids is 2. The molecule has 0 radical (unpaired) electrons. The van der Waals surface area contributed by atoms with E-state index in [1.807, 2.05) is 44.2 Å². The van der Waals surface area contributed by atoms with Crippen LogP contribution in [0.2, 0.25) is 0 Å². The van der Waals surface area contributed by atoms with Gasteiger partial charge in [0.2, 0.25) is 11.8 Å². The molecule has 2 amide bonds. The molecule has 0 aliphatic carbocycles. The summed E-state index contributed by atoms with van der Waals surface area (Å²) < 4.78 is 16.9. The van der Waals surface area contributed by atoms with Crippen molar-refractivity contribution in [3.8, 4) is 5.69 Å². The number of nitrogens with one attached hydrogen (secondary N) is 1. The molecule has 0 saturated heterocycles. The molecule has 0 bridgehead atoms. The van der Waals surface area contributed by atoms with E-state index in [0.717, 1.165) is 28.9 Å². The van der Waals surface area contributed by atoms with Crippen molar-refractivity contribution < 1.29 is 14.0 Å². The van der Waals surface area contributed by atoms with E-state index in [1.54, 1.807) is 16.8 Å². The minimum atomic E-state index is -0.456. The number of hydrogen-bond donors (Lipinski definition) is 1. The smallest absolute Gasteiger partial charge is 0.240 e. The van der Waals surface area contributed by atoms with Crippen LogP contribution >= 0.6 is 11.8 Å². The highest BCUT2D eigenvalue weighted by Gasteiger charge is 2.40. The number of aromatic nitrogens is 2. The van der Waals surface area contributed by atoms with E-state index in [4.69, 9.17) is 5.10 Å². The molecule has 0 saturated carbocycles. The molecule has 0 fully saturated rings. The summed E-state index contributed by atoms with van der Waals surface area (Å²) in [5, 5.41) is 7.44. The lowest BCUT2D eigenvalue weighted by atomic mass is 9.87. The van der Waals surface area contributed by atoms with Gasteiger partial charge in [0.1, 0.15) is 18.2 Å². The second kappa shape index (κ2) is 10.5. The third-order valence-electron chi connectivity index (χ3n) is 6.14. The van der Waals surface area contributed by atoms with Gasteiger partial charge in [0.15, 0.2) is 0 Å². The van der Waals surface area contributed by atoms with E-state index in [-0.39, 0.29) is 29.9 Å². The molecule has 36 heavy (non-hydrogen) atoms. The number of thioether (sulfide) groups is 1. The minimum absolute atomic E-state index is 0.117. The van der Waals surface area contributed by atoms with Gasteiger partial charge in [0.05, 0.1) is 22.4 Å². The number of carbonyl (C=O) groups is 2. The minimum Gasteiger partial charge on any atom is -0.355 e. The van der Waals surface area contributed by atoms with Gasteiger partial charge in [-0.1, -0.05) is 63.6 Å². The number of hydrogen-bond acceptors (Lipinski definition) is 4. The zero-order chi connectivity index (χ0) is 26.0. The van der Waals surface area contributed by atoms with Gasteiger partial charge in [-0.15, -0.1) is 11.8 Å². The number of benzene rings is 2. The van der Waals surface area contributed by atoms with Crippen molar-refractivity contribution in [3.05, 3.63) is 76.7 Å². The Bertz CT molecular complexity index is 1260. The highest BCUT2D eigenvalue weighted by atomic mass is 32.2. The number of aryl methyl sites for hydroxylation is 1. The summed E-state index contributed by atoms with van der Waals surface area (Å²) in [6.45, 7) is 10.6. The average Bonchev–Trinajstić information content (AvgIpc) is 3.17. The monoisotopic (exact) mass is 508 g/mol. The summed E-state index contributed by atoms with van der Waals surface area (Å²) >= 11 is 1.38. The van der Waals surface area contributed by atoms with Crippen molar-refractivity contribution in [3.63, 3.8) is 0 Å². The molecule has 190 valence electrons. The van der Waals surface area contributed by atoms with Crippen LogP contribution in [0.25, 0.3) is 5.69 Å². The van der Waals surface area contributed by atoms with E-state index >= 15 is 4.39 Å². The standard InChI is InChI=1S/C28H33FN4O2S/c1-6-15-30-22(34)16-32-23(35)17-36-25(20-9-7-8-10-21(20)29)24-26(28(3,4)5)31-33(27(24)32)19-13-11-18(2)12-14-19/h7-14,25H,6,15-17H2,1-5H3,(H,30,34)/t25-/m1/s1. The van der Waals surface area contributed by atoms with E-state index in [9.17, 15) is 9.59 Å². The highest BCUT2D eigenvalue weighted by molar-refractivity contribution is 8.00. The quantitative estimate of drug-likeness (QED) is 0.490. The van der Waals surface area contributed by atoms with Crippen LogP contribution in [-0.2, 0) is 15.0 Å². The lowest BCUT2D eigenvalue weighted by Crippen LogP contribution is -2.42. The van der Waals surface area contributed by atoms with Gasteiger partial charge in [0, 0.05) is 23.1 Å². The van der Waals surface area contributed by atoms with Crippen LogP contribution in [0, 0.1) is 12.7 Å². The maximum Gasteiger partial charge on any atom is 0.240 e. The highest BCUT2D eigenvalue weighted by Crippen LogP contribution is 2.48. The van der Waals surface area contributed by atoms with Gasteiger partial charge in [-0.25, -0.2) is 9.07 Å². The van der Waals surface area contributed by atoms with Crippen molar-refractivity contribution in [1.29, 1.82) is 0 Å². The fraction of sp³-hybridized carbons (Fsp3) is 0.393. The number of rotatable bonds is 6. The summed E-state index contributed by atoms with van der Waals surface area (Å²) in [6, 6.07) is 14.6. The molecular formula is C28H33FN4O2S. The first-order valence-corrected chi connectivity index (χ1v) is 13.3. The lowest BCUT2D eigenvalue weighted by Gasteiger charge is -2.24. The molecule has 8 heteroatoms. The predicted octanol–water partition coefficient (Wildman–Crippen LogP) is 5.31. The predicted molar refractivity (Wildman–Crippen MR) is 143 cm³/mol. The summed E-state index contributed by atoms with van der Waals surface area (Å²) in [7, 11) is 0. The Labute approximate surface area is 216 Å². The number of halogens is 1. The molecule has 2 aromatic carbocycles. The van der Waals surface area contributed by atoms with Crippen LogP contribution < -0.4 is 10.2 Å². The fourth-order valence-electron chi connectivity index (χ4n) is 4.34. The number of nitrogens with zero attached hydrogens (tertiary/aromatic N) is 3. The molecule has 0 unspecified atom stereocenters. The second-order valence-electron chi connectivity index (χ2n) is 10.1. The fourth-order valence-corrected chi connectivity index (χ4v) is 5.56. The van der Waals surface area contributed by atoms with E-state index in [0.29, 0.717) is 17.9 Å². The third kappa shape index (κ3) is 5.19. The van der Waals surface area contributed by atoms with E-state index < -0.39 is 10.7 Å². The average molecular weight is 509 g/mol. The normalized spacial score (nSPS) is 16.0. The second-order valence-corrected chi connectivity index (χ2v) is 11.2. The van der Waals surface area contributed by atoms with Gasteiger partial charge in [-0.2, -0.15) is 5.10 Å². The van der Waals surface area contributed by atoms with Crippen molar-refractivity contribution in [2.75, 3.05) is 23.7 Å². The van der Waals surface area contributed by atoms with Crippen LogP contribution in [0.4, 0.5) is 10.2 Å². The molecule has 1 atom stereocenters. The van der Waals surface area contributed by atoms with Crippen molar-refractivity contribution in [2.45, 2.75) is 51.7 Å². The Balaban J connectivity index is 2.00. The number of amides is 2. The van der Waals surface area contributed by atoms with Gasteiger partial charge >= 0.3 is 0 Å². The Morgan fingerprint density at radius 2 is 1.86 bits per heavy atom. The molecule has 2 heterocycles. The van der Waals surface area contributed by atoms with Crippen molar-refractivity contribution >= 4 is 29.4 Å². The SMILES string of the molecule is CCCNC(=O)CN1C(=O)CS[C@H](c2ccccc2F)c2c(C(C)(C)C)nn(-c3ccc(C)cc3)c21. The summed E-state index contributed by atoms with van der Waals surface area (Å²) in [4.78, 5) is 27.9. The van der Waals surface area contributed by atoms with Crippen molar-refractivity contribution in [2.24, 2.45) is 0 Å². The van der Waals surface area contributed by atoms with E-state index in [1.165, 1.54) is 22.7 Å². The first-order chi connectivity index (χ1) is 17.1. The zero-order valence-corrected chi connectivity index (χ0v) is 22.3. The number of anilines is 1.